The van der Waals surface area contributed by atoms with Crippen LogP contribution >= 0.6 is 0 Å². The van der Waals surface area contributed by atoms with Crippen molar-refractivity contribution in [2.24, 2.45) is 0 Å². The molecule has 1 aromatic heterocycles. The van der Waals surface area contributed by atoms with E-state index in [2.05, 4.69) is 20.9 Å². The molecule has 78 valence electrons. The standard InChI is InChI=1S/C10H12N4O/c11-8-9-10(13-3-2-12-9)14-4-1-6-15-7-5-14/h2-3H,1,4-7H2. The number of rotatable bonds is 1. The lowest BCUT2D eigenvalue weighted by atomic mass is 10.3. The Morgan fingerprint density at radius 3 is 3.00 bits per heavy atom. The van der Waals surface area contributed by atoms with Gasteiger partial charge in [0, 0.05) is 32.1 Å². The Morgan fingerprint density at radius 2 is 2.13 bits per heavy atom. The van der Waals surface area contributed by atoms with Gasteiger partial charge in [0.15, 0.2) is 11.5 Å². The summed E-state index contributed by atoms with van der Waals surface area (Å²) in [4.78, 5) is 10.3. The molecule has 1 aliphatic rings. The average molecular weight is 204 g/mol. The molecule has 0 aliphatic carbocycles. The zero-order valence-corrected chi connectivity index (χ0v) is 8.39. The first-order valence-corrected chi connectivity index (χ1v) is 4.95. The number of hydrogen-bond donors (Lipinski definition) is 0. The molecule has 0 atom stereocenters. The van der Waals surface area contributed by atoms with Gasteiger partial charge in [-0.3, -0.25) is 0 Å². The third kappa shape index (κ3) is 2.22. The summed E-state index contributed by atoms with van der Waals surface area (Å²) < 4.78 is 5.35. The molecule has 0 saturated carbocycles. The predicted octanol–water partition coefficient (Wildman–Crippen LogP) is 0.575. The lowest BCUT2D eigenvalue weighted by molar-refractivity contribution is 0.152. The van der Waals surface area contributed by atoms with Crippen LogP contribution in [0.1, 0.15) is 12.1 Å². The summed E-state index contributed by atoms with van der Waals surface area (Å²) >= 11 is 0. The fourth-order valence-electron chi connectivity index (χ4n) is 1.60. The lowest BCUT2D eigenvalue weighted by Gasteiger charge is -2.20. The third-order valence-corrected chi connectivity index (χ3v) is 2.31. The second kappa shape index (κ2) is 4.71. The van der Waals surface area contributed by atoms with Gasteiger partial charge in [-0.15, -0.1) is 0 Å². The van der Waals surface area contributed by atoms with E-state index in [9.17, 15) is 0 Å². The van der Waals surface area contributed by atoms with E-state index in [1.165, 1.54) is 6.20 Å². The van der Waals surface area contributed by atoms with Crippen LogP contribution < -0.4 is 4.90 Å². The van der Waals surface area contributed by atoms with E-state index in [4.69, 9.17) is 10.00 Å². The van der Waals surface area contributed by atoms with E-state index < -0.39 is 0 Å². The third-order valence-electron chi connectivity index (χ3n) is 2.31. The van der Waals surface area contributed by atoms with Crippen LogP contribution in [0.3, 0.4) is 0 Å². The quantitative estimate of drug-likeness (QED) is 0.669. The number of nitrogens with zero attached hydrogens (tertiary/aromatic N) is 4. The topological polar surface area (TPSA) is 62.0 Å². The van der Waals surface area contributed by atoms with Gasteiger partial charge in [-0.1, -0.05) is 0 Å². The summed E-state index contributed by atoms with van der Waals surface area (Å²) in [6, 6.07) is 2.06. The fourth-order valence-corrected chi connectivity index (χ4v) is 1.60. The molecule has 5 nitrogen and oxygen atoms in total. The smallest absolute Gasteiger partial charge is 0.183 e. The summed E-state index contributed by atoms with van der Waals surface area (Å²) in [7, 11) is 0. The summed E-state index contributed by atoms with van der Waals surface area (Å²) in [6.07, 6.45) is 4.11. The average Bonchev–Trinajstić information content (AvgIpc) is 2.57. The first-order chi connectivity index (χ1) is 7.42. The van der Waals surface area contributed by atoms with Gasteiger partial charge in [-0.2, -0.15) is 5.26 Å². The highest BCUT2D eigenvalue weighted by Crippen LogP contribution is 2.15. The van der Waals surface area contributed by atoms with Crippen LogP contribution in [0.25, 0.3) is 0 Å². The number of nitriles is 1. The zero-order valence-electron chi connectivity index (χ0n) is 8.39. The second-order valence-corrected chi connectivity index (χ2v) is 3.29. The van der Waals surface area contributed by atoms with Crippen LogP contribution in [-0.2, 0) is 4.74 Å². The van der Waals surface area contributed by atoms with E-state index in [0.29, 0.717) is 18.1 Å². The largest absolute Gasteiger partial charge is 0.380 e. The maximum Gasteiger partial charge on any atom is 0.183 e. The molecular weight excluding hydrogens is 192 g/mol. The Labute approximate surface area is 88.3 Å². The minimum atomic E-state index is 0.388. The number of hydrogen-bond acceptors (Lipinski definition) is 5. The first-order valence-electron chi connectivity index (χ1n) is 4.95. The van der Waals surface area contributed by atoms with Gasteiger partial charge in [0.05, 0.1) is 6.61 Å². The second-order valence-electron chi connectivity index (χ2n) is 3.29. The molecule has 1 aliphatic heterocycles. The molecule has 0 unspecified atom stereocenters. The lowest BCUT2D eigenvalue weighted by Crippen LogP contribution is -2.27. The van der Waals surface area contributed by atoms with Crippen LogP contribution in [0.5, 0.6) is 0 Å². The van der Waals surface area contributed by atoms with E-state index in [0.717, 1.165) is 26.1 Å². The first kappa shape index (κ1) is 9.87. The summed E-state index contributed by atoms with van der Waals surface area (Å²) in [6.45, 7) is 3.10. The molecule has 15 heavy (non-hydrogen) atoms. The van der Waals surface area contributed by atoms with Gasteiger partial charge < -0.3 is 9.64 Å². The molecule has 0 aromatic carbocycles. The molecule has 1 fully saturated rings. The van der Waals surface area contributed by atoms with Crippen molar-refractivity contribution in [2.75, 3.05) is 31.2 Å². The molecule has 1 aromatic rings. The van der Waals surface area contributed by atoms with Gasteiger partial charge in [-0.05, 0) is 6.42 Å². The predicted molar refractivity (Wildman–Crippen MR) is 54.4 cm³/mol. The van der Waals surface area contributed by atoms with E-state index in [1.807, 2.05) is 0 Å². The maximum atomic E-state index is 8.91. The molecule has 0 amide bonds. The number of aromatic nitrogens is 2. The maximum absolute atomic E-state index is 8.91. The summed E-state index contributed by atoms with van der Waals surface area (Å²) in [5.41, 5.74) is 0.388. The molecule has 0 spiro atoms. The van der Waals surface area contributed by atoms with Crippen molar-refractivity contribution in [3.8, 4) is 6.07 Å². The molecule has 0 bridgehead atoms. The Hall–Kier alpha value is -1.67. The van der Waals surface area contributed by atoms with Crippen molar-refractivity contribution < 1.29 is 4.74 Å². The van der Waals surface area contributed by atoms with Gasteiger partial charge in [-0.25, -0.2) is 9.97 Å². The SMILES string of the molecule is N#Cc1nccnc1N1CCCOCC1. The summed E-state index contributed by atoms with van der Waals surface area (Å²) in [5.74, 6) is 0.672. The van der Waals surface area contributed by atoms with Crippen LogP contribution in [0.15, 0.2) is 12.4 Å². The molecular formula is C10H12N4O. The molecule has 2 heterocycles. The molecule has 5 heteroatoms. The van der Waals surface area contributed by atoms with Gasteiger partial charge in [0.2, 0.25) is 0 Å². The van der Waals surface area contributed by atoms with Gasteiger partial charge in [0.25, 0.3) is 0 Å². The molecule has 0 N–H and O–H groups in total. The van der Waals surface area contributed by atoms with Crippen LogP contribution in [0.4, 0.5) is 5.82 Å². The van der Waals surface area contributed by atoms with Crippen LogP contribution in [0.2, 0.25) is 0 Å². The highest BCUT2D eigenvalue weighted by atomic mass is 16.5. The Morgan fingerprint density at radius 1 is 1.27 bits per heavy atom. The van der Waals surface area contributed by atoms with Crippen molar-refractivity contribution in [1.29, 1.82) is 5.26 Å². The minimum absolute atomic E-state index is 0.388. The molecule has 1 saturated heterocycles. The van der Waals surface area contributed by atoms with E-state index >= 15 is 0 Å². The van der Waals surface area contributed by atoms with Crippen LogP contribution in [-0.4, -0.2) is 36.3 Å². The minimum Gasteiger partial charge on any atom is -0.380 e. The Bertz CT molecular complexity index is 366. The fraction of sp³-hybridized carbons (Fsp3) is 0.500. The van der Waals surface area contributed by atoms with Crippen molar-refractivity contribution in [3.05, 3.63) is 18.1 Å². The Balaban J connectivity index is 2.23. The Kier molecular flexibility index (Phi) is 3.10. The summed E-state index contributed by atoms with van der Waals surface area (Å²) in [5, 5.41) is 8.91. The van der Waals surface area contributed by atoms with E-state index in [-0.39, 0.29) is 0 Å². The van der Waals surface area contributed by atoms with E-state index in [1.54, 1.807) is 6.20 Å². The molecule has 2 rings (SSSR count). The number of ether oxygens (including phenoxy) is 1. The zero-order chi connectivity index (χ0) is 10.5. The van der Waals surface area contributed by atoms with Gasteiger partial charge in [0.1, 0.15) is 6.07 Å². The van der Waals surface area contributed by atoms with Gasteiger partial charge >= 0.3 is 0 Å². The monoisotopic (exact) mass is 204 g/mol. The normalized spacial score (nSPS) is 16.9. The van der Waals surface area contributed by atoms with Crippen molar-refractivity contribution in [1.82, 2.24) is 9.97 Å². The van der Waals surface area contributed by atoms with Crippen LogP contribution in [0, 0.1) is 11.3 Å². The molecule has 0 radical (unpaired) electrons. The van der Waals surface area contributed by atoms with Crippen molar-refractivity contribution in [2.45, 2.75) is 6.42 Å². The highest BCUT2D eigenvalue weighted by molar-refractivity contribution is 5.49. The van der Waals surface area contributed by atoms with Crippen molar-refractivity contribution in [3.63, 3.8) is 0 Å². The van der Waals surface area contributed by atoms with Crippen molar-refractivity contribution >= 4 is 5.82 Å². The number of anilines is 1. The highest BCUT2D eigenvalue weighted by Gasteiger charge is 2.15.